The van der Waals surface area contributed by atoms with Gasteiger partial charge in [0.1, 0.15) is 10.7 Å². The molecule has 0 spiro atoms. The Morgan fingerprint density at radius 2 is 1.88 bits per heavy atom. The van der Waals surface area contributed by atoms with E-state index in [0.29, 0.717) is 5.69 Å². The molecule has 2 aromatic heterocycles. The third kappa shape index (κ3) is 1.83. The molecule has 0 radical (unpaired) electrons. The highest BCUT2D eigenvalue weighted by Crippen LogP contribution is 2.28. The number of fused-ring (bicyclic) bond motifs is 1. The third-order valence-corrected chi connectivity index (χ3v) is 3.46. The lowest BCUT2D eigenvalue weighted by molar-refractivity contribution is 0.111. The van der Waals surface area contributed by atoms with Gasteiger partial charge in [0.05, 0.1) is 15.9 Å². The summed E-state index contributed by atoms with van der Waals surface area (Å²) in [6, 6.07) is 13.3. The number of aromatic nitrogens is 2. The molecular formula is C13H8N2OS. The molecule has 4 heteroatoms. The highest BCUT2D eigenvalue weighted by molar-refractivity contribution is 7.21. The standard InChI is InChI=1S/C13H8N2OS/c16-8-9-4-3-6-11(14-9)13-15-10-5-1-2-7-12(10)17-13/h1-8H. The molecule has 3 nitrogen and oxygen atoms in total. The fourth-order valence-electron chi connectivity index (χ4n) is 1.62. The number of thiazole rings is 1. The Bertz CT molecular complexity index is 657. The lowest BCUT2D eigenvalue weighted by Gasteiger charge is -1.95. The number of pyridine rings is 1. The van der Waals surface area contributed by atoms with Gasteiger partial charge in [-0.1, -0.05) is 18.2 Å². The van der Waals surface area contributed by atoms with E-state index in [0.717, 1.165) is 27.2 Å². The zero-order valence-electron chi connectivity index (χ0n) is 8.83. The minimum atomic E-state index is 0.432. The average molecular weight is 240 g/mol. The van der Waals surface area contributed by atoms with Crippen LogP contribution in [0.2, 0.25) is 0 Å². The van der Waals surface area contributed by atoms with Gasteiger partial charge in [0.25, 0.3) is 0 Å². The van der Waals surface area contributed by atoms with Gasteiger partial charge in [-0.3, -0.25) is 4.79 Å². The molecule has 0 unspecified atom stereocenters. The van der Waals surface area contributed by atoms with Crippen molar-refractivity contribution in [2.75, 3.05) is 0 Å². The molecule has 17 heavy (non-hydrogen) atoms. The third-order valence-electron chi connectivity index (χ3n) is 2.40. The van der Waals surface area contributed by atoms with Gasteiger partial charge in [0, 0.05) is 0 Å². The number of carbonyl (C=O) groups is 1. The SMILES string of the molecule is O=Cc1cccc(-c2nc3ccccc3s2)n1. The van der Waals surface area contributed by atoms with Crippen molar-refractivity contribution in [2.45, 2.75) is 0 Å². The van der Waals surface area contributed by atoms with E-state index in [1.165, 1.54) is 0 Å². The van der Waals surface area contributed by atoms with Crippen LogP contribution in [-0.2, 0) is 0 Å². The van der Waals surface area contributed by atoms with E-state index in [1.807, 2.05) is 36.4 Å². The van der Waals surface area contributed by atoms with E-state index in [2.05, 4.69) is 9.97 Å². The largest absolute Gasteiger partial charge is 0.296 e. The molecule has 0 aliphatic heterocycles. The number of hydrogen-bond acceptors (Lipinski definition) is 4. The summed E-state index contributed by atoms with van der Waals surface area (Å²) in [6.07, 6.45) is 0.747. The van der Waals surface area contributed by atoms with Crippen molar-refractivity contribution in [1.82, 2.24) is 9.97 Å². The summed E-state index contributed by atoms with van der Waals surface area (Å²) in [7, 11) is 0. The van der Waals surface area contributed by atoms with Gasteiger partial charge in [-0.15, -0.1) is 11.3 Å². The molecule has 0 aliphatic carbocycles. The molecular weight excluding hydrogens is 232 g/mol. The van der Waals surface area contributed by atoms with Gasteiger partial charge in [-0.2, -0.15) is 0 Å². The first-order valence-electron chi connectivity index (χ1n) is 5.15. The second-order valence-corrected chi connectivity index (χ2v) is 4.58. The van der Waals surface area contributed by atoms with Gasteiger partial charge >= 0.3 is 0 Å². The van der Waals surface area contributed by atoms with Crippen molar-refractivity contribution in [3.8, 4) is 10.7 Å². The molecule has 1 aromatic carbocycles. The number of para-hydroxylation sites is 1. The van der Waals surface area contributed by atoms with E-state index in [4.69, 9.17) is 0 Å². The van der Waals surface area contributed by atoms with Crippen LogP contribution < -0.4 is 0 Å². The molecule has 0 bridgehead atoms. The zero-order chi connectivity index (χ0) is 11.7. The lowest BCUT2D eigenvalue weighted by Crippen LogP contribution is -1.88. The summed E-state index contributed by atoms with van der Waals surface area (Å²) in [5.74, 6) is 0. The Balaban J connectivity index is 2.16. The Labute approximate surface area is 102 Å². The summed E-state index contributed by atoms with van der Waals surface area (Å²) in [5, 5.41) is 0.843. The number of nitrogens with zero attached hydrogens (tertiary/aromatic N) is 2. The summed E-state index contributed by atoms with van der Waals surface area (Å²) in [4.78, 5) is 19.4. The van der Waals surface area contributed by atoms with Gasteiger partial charge in [-0.05, 0) is 24.3 Å². The number of benzene rings is 1. The summed E-state index contributed by atoms with van der Waals surface area (Å²) < 4.78 is 1.13. The first-order chi connectivity index (χ1) is 8.36. The second-order valence-electron chi connectivity index (χ2n) is 3.55. The monoisotopic (exact) mass is 240 g/mol. The van der Waals surface area contributed by atoms with E-state index >= 15 is 0 Å². The number of carbonyl (C=O) groups excluding carboxylic acids is 1. The van der Waals surface area contributed by atoms with Crippen molar-refractivity contribution < 1.29 is 4.79 Å². The van der Waals surface area contributed by atoms with Crippen molar-refractivity contribution in [1.29, 1.82) is 0 Å². The minimum Gasteiger partial charge on any atom is -0.296 e. The topological polar surface area (TPSA) is 42.9 Å². The molecule has 0 amide bonds. The first kappa shape index (κ1) is 10.1. The fourth-order valence-corrected chi connectivity index (χ4v) is 2.55. The van der Waals surface area contributed by atoms with E-state index in [-0.39, 0.29) is 0 Å². The van der Waals surface area contributed by atoms with Crippen LogP contribution in [0.5, 0.6) is 0 Å². The smallest absolute Gasteiger partial charge is 0.168 e. The van der Waals surface area contributed by atoms with Crippen LogP contribution in [0.25, 0.3) is 20.9 Å². The molecule has 0 aliphatic rings. The molecule has 0 saturated heterocycles. The maximum absolute atomic E-state index is 10.7. The molecule has 0 fully saturated rings. The Hall–Kier alpha value is -2.07. The Kier molecular flexibility index (Phi) is 2.42. The maximum atomic E-state index is 10.7. The second kappa shape index (κ2) is 4.07. The fraction of sp³-hybridized carbons (Fsp3) is 0. The number of rotatable bonds is 2. The van der Waals surface area contributed by atoms with E-state index in [9.17, 15) is 4.79 Å². The van der Waals surface area contributed by atoms with Crippen LogP contribution >= 0.6 is 11.3 Å². The molecule has 2 heterocycles. The Morgan fingerprint density at radius 3 is 2.71 bits per heavy atom. The van der Waals surface area contributed by atoms with Crippen LogP contribution in [0.4, 0.5) is 0 Å². The van der Waals surface area contributed by atoms with Crippen LogP contribution in [0.1, 0.15) is 10.5 Å². The predicted molar refractivity (Wildman–Crippen MR) is 68.2 cm³/mol. The molecule has 0 atom stereocenters. The molecule has 3 aromatic rings. The molecule has 82 valence electrons. The predicted octanol–water partition coefficient (Wildman–Crippen LogP) is 3.17. The number of aldehydes is 1. The maximum Gasteiger partial charge on any atom is 0.168 e. The molecule has 3 rings (SSSR count). The van der Waals surface area contributed by atoms with Gasteiger partial charge in [0.15, 0.2) is 6.29 Å². The van der Waals surface area contributed by atoms with Gasteiger partial charge < -0.3 is 0 Å². The summed E-state index contributed by atoms with van der Waals surface area (Å²) >= 11 is 1.58. The van der Waals surface area contributed by atoms with Crippen LogP contribution in [-0.4, -0.2) is 16.3 Å². The van der Waals surface area contributed by atoms with E-state index < -0.39 is 0 Å². The highest BCUT2D eigenvalue weighted by Gasteiger charge is 2.07. The van der Waals surface area contributed by atoms with Crippen molar-refractivity contribution in [2.24, 2.45) is 0 Å². The van der Waals surface area contributed by atoms with Crippen molar-refractivity contribution in [3.63, 3.8) is 0 Å². The minimum absolute atomic E-state index is 0.432. The van der Waals surface area contributed by atoms with Gasteiger partial charge in [-0.25, -0.2) is 9.97 Å². The van der Waals surface area contributed by atoms with Crippen LogP contribution in [0.15, 0.2) is 42.5 Å². The molecule has 0 saturated carbocycles. The quantitative estimate of drug-likeness (QED) is 0.646. The summed E-state index contributed by atoms with van der Waals surface area (Å²) in [6.45, 7) is 0. The normalized spacial score (nSPS) is 10.6. The Morgan fingerprint density at radius 1 is 1.00 bits per heavy atom. The summed E-state index contributed by atoms with van der Waals surface area (Å²) in [5.41, 5.74) is 2.14. The highest BCUT2D eigenvalue weighted by atomic mass is 32.1. The van der Waals surface area contributed by atoms with Crippen LogP contribution in [0.3, 0.4) is 0 Å². The zero-order valence-corrected chi connectivity index (χ0v) is 9.65. The van der Waals surface area contributed by atoms with Gasteiger partial charge in [0.2, 0.25) is 0 Å². The first-order valence-corrected chi connectivity index (χ1v) is 5.96. The number of hydrogen-bond donors (Lipinski definition) is 0. The van der Waals surface area contributed by atoms with Crippen molar-refractivity contribution >= 4 is 27.8 Å². The molecule has 0 N–H and O–H groups in total. The van der Waals surface area contributed by atoms with E-state index in [1.54, 1.807) is 17.4 Å². The van der Waals surface area contributed by atoms with Crippen molar-refractivity contribution in [3.05, 3.63) is 48.2 Å². The van der Waals surface area contributed by atoms with Crippen LogP contribution in [0, 0.1) is 0 Å². The average Bonchev–Trinajstić information content (AvgIpc) is 2.82. The lowest BCUT2D eigenvalue weighted by atomic mass is 10.3.